The van der Waals surface area contributed by atoms with Crippen LogP contribution in [0.1, 0.15) is 26.3 Å². The third-order valence-electron chi connectivity index (χ3n) is 5.77. The molecule has 0 fully saturated rings. The second-order valence-corrected chi connectivity index (χ2v) is 9.14. The number of carbonyl (C=O) groups is 1. The van der Waals surface area contributed by atoms with E-state index in [1.54, 1.807) is 17.2 Å². The number of hydrogen-bond donors (Lipinski definition) is 1. The van der Waals surface area contributed by atoms with Crippen molar-refractivity contribution in [1.29, 1.82) is 0 Å². The van der Waals surface area contributed by atoms with E-state index < -0.39 is 0 Å². The van der Waals surface area contributed by atoms with Gasteiger partial charge in [-0.05, 0) is 56.7 Å². The molecular weight excluding hydrogens is 426 g/mol. The fourth-order valence-corrected chi connectivity index (χ4v) is 4.25. The molecule has 0 aliphatic heterocycles. The number of nitrogens with two attached hydrogens (primary N) is 1. The number of nitrogens with zero attached hydrogens (tertiary/aromatic N) is 6. The van der Waals surface area contributed by atoms with Crippen LogP contribution in [0.4, 0.5) is 5.82 Å². The zero-order valence-electron chi connectivity index (χ0n) is 19.3. The summed E-state index contributed by atoms with van der Waals surface area (Å²) in [7, 11) is 0. The Kier molecular flexibility index (Phi) is 5.20. The lowest BCUT2D eigenvalue weighted by Crippen LogP contribution is -2.23. The normalized spacial score (nSPS) is 11.7. The van der Waals surface area contributed by atoms with Crippen LogP contribution >= 0.6 is 0 Å². The minimum atomic E-state index is -0.221. The maximum atomic E-state index is 11.0. The minimum Gasteiger partial charge on any atom is -0.383 e. The molecule has 34 heavy (non-hydrogen) atoms. The summed E-state index contributed by atoms with van der Waals surface area (Å²) in [5.41, 5.74) is 12.0. The second kappa shape index (κ2) is 8.22. The fourth-order valence-electron chi connectivity index (χ4n) is 4.25. The average molecular weight is 452 g/mol. The maximum Gasteiger partial charge on any atom is 0.143 e. The van der Waals surface area contributed by atoms with E-state index in [9.17, 15) is 4.79 Å². The Labute approximate surface area is 197 Å². The zero-order chi connectivity index (χ0) is 23.9. The summed E-state index contributed by atoms with van der Waals surface area (Å²) in [5, 5.41) is 4.33. The van der Waals surface area contributed by atoms with Gasteiger partial charge in [0.2, 0.25) is 0 Å². The summed E-state index contributed by atoms with van der Waals surface area (Å²) in [6.07, 6.45) is 6.01. The van der Waals surface area contributed by atoms with Crippen molar-refractivity contribution < 1.29 is 4.79 Å². The van der Waals surface area contributed by atoms with Gasteiger partial charge in [0.15, 0.2) is 0 Å². The Bertz CT molecular complexity index is 1490. The van der Waals surface area contributed by atoms with Crippen LogP contribution in [0.3, 0.4) is 0 Å². The van der Waals surface area contributed by atoms with E-state index in [1.165, 1.54) is 6.33 Å². The molecule has 170 valence electrons. The van der Waals surface area contributed by atoms with Gasteiger partial charge in [0.25, 0.3) is 0 Å². The van der Waals surface area contributed by atoms with Crippen LogP contribution in [0.2, 0.25) is 0 Å². The molecule has 0 atom stereocenters. The van der Waals surface area contributed by atoms with Crippen LogP contribution in [0.15, 0.2) is 67.4 Å². The van der Waals surface area contributed by atoms with Gasteiger partial charge in [0, 0.05) is 34.8 Å². The smallest absolute Gasteiger partial charge is 0.143 e. The van der Waals surface area contributed by atoms with Gasteiger partial charge in [-0.2, -0.15) is 5.10 Å². The number of fused-ring (bicyclic) bond motifs is 1. The standard InChI is InChI=1S/C26H25N7O/c1-26(2,3)33-23-9-8-17(19-12-18(10-11-34)24(27)29-14-19)13-21(23)31-25(33)20-6-4-5-7-22(20)32-16-28-15-30-32/h4-9,11-16H,10H2,1-3H3,(H2,27,29). The molecule has 0 radical (unpaired) electrons. The van der Waals surface area contributed by atoms with Gasteiger partial charge in [0.1, 0.15) is 30.6 Å². The van der Waals surface area contributed by atoms with Crippen LogP contribution in [0.25, 0.3) is 39.2 Å². The molecule has 0 saturated carbocycles. The lowest BCUT2D eigenvalue weighted by molar-refractivity contribution is -0.107. The number of rotatable bonds is 5. The van der Waals surface area contributed by atoms with Crippen molar-refractivity contribution in [1.82, 2.24) is 29.3 Å². The highest BCUT2D eigenvalue weighted by Gasteiger charge is 2.24. The molecule has 0 spiro atoms. The molecule has 0 saturated heterocycles. The number of nitrogen functional groups attached to an aromatic ring is 1. The van der Waals surface area contributed by atoms with Gasteiger partial charge < -0.3 is 15.1 Å². The van der Waals surface area contributed by atoms with E-state index in [0.717, 1.165) is 51.1 Å². The number of pyridine rings is 1. The highest BCUT2D eigenvalue weighted by Crippen LogP contribution is 2.35. The predicted molar refractivity (Wildman–Crippen MR) is 132 cm³/mol. The Balaban J connectivity index is 1.71. The Morgan fingerprint density at radius 3 is 2.62 bits per heavy atom. The van der Waals surface area contributed by atoms with Gasteiger partial charge in [0.05, 0.1) is 16.7 Å². The monoisotopic (exact) mass is 451 g/mol. The quantitative estimate of drug-likeness (QED) is 0.397. The first-order chi connectivity index (χ1) is 16.4. The van der Waals surface area contributed by atoms with Crippen LogP contribution in [0, 0.1) is 0 Å². The summed E-state index contributed by atoms with van der Waals surface area (Å²) in [5.74, 6) is 1.23. The molecule has 0 bridgehead atoms. The topological polar surface area (TPSA) is 105 Å². The Morgan fingerprint density at radius 1 is 1.06 bits per heavy atom. The first-order valence-corrected chi connectivity index (χ1v) is 11.0. The van der Waals surface area contributed by atoms with Crippen molar-refractivity contribution in [3.63, 3.8) is 0 Å². The summed E-state index contributed by atoms with van der Waals surface area (Å²) in [4.78, 5) is 24.5. The molecule has 0 aliphatic rings. The number of carbonyl (C=O) groups excluding carboxylic acids is 1. The molecule has 2 N–H and O–H groups in total. The lowest BCUT2D eigenvalue weighted by Gasteiger charge is -2.25. The van der Waals surface area contributed by atoms with Gasteiger partial charge in [-0.3, -0.25) is 0 Å². The van der Waals surface area contributed by atoms with Crippen molar-refractivity contribution in [2.45, 2.75) is 32.7 Å². The largest absolute Gasteiger partial charge is 0.383 e. The number of imidazole rings is 1. The van der Waals surface area contributed by atoms with Gasteiger partial charge >= 0.3 is 0 Å². The van der Waals surface area contributed by atoms with Crippen molar-refractivity contribution in [2.75, 3.05) is 5.73 Å². The molecule has 8 nitrogen and oxygen atoms in total. The predicted octanol–water partition coefficient (Wildman–Crippen LogP) is 4.42. The van der Waals surface area contributed by atoms with E-state index in [-0.39, 0.29) is 12.0 Å². The van der Waals surface area contributed by atoms with E-state index in [0.29, 0.717) is 5.82 Å². The molecule has 0 amide bonds. The number of hydrogen-bond acceptors (Lipinski definition) is 6. The summed E-state index contributed by atoms with van der Waals surface area (Å²) in [6, 6.07) is 16.2. The number of aromatic nitrogens is 6. The molecule has 0 aliphatic carbocycles. The number of para-hydroxylation sites is 1. The third-order valence-corrected chi connectivity index (χ3v) is 5.77. The lowest BCUT2D eigenvalue weighted by atomic mass is 10.0. The van der Waals surface area contributed by atoms with Crippen LogP contribution < -0.4 is 5.73 Å². The molecular formula is C26H25N7O. The van der Waals surface area contributed by atoms with Crippen molar-refractivity contribution in [3.8, 4) is 28.2 Å². The zero-order valence-corrected chi connectivity index (χ0v) is 19.3. The summed E-state index contributed by atoms with van der Waals surface area (Å²) >= 11 is 0. The van der Waals surface area contributed by atoms with Crippen LogP contribution in [-0.4, -0.2) is 35.6 Å². The fraction of sp³-hybridized carbons (Fsp3) is 0.192. The third kappa shape index (κ3) is 3.73. The van der Waals surface area contributed by atoms with E-state index in [1.807, 2.05) is 24.3 Å². The summed E-state index contributed by atoms with van der Waals surface area (Å²) < 4.78 is 4.00. The van der Waals surface area contributed by atoms with Crippen molar-refractivity contribution in [2.24, 2.45) is 0 Å². The van der Waals surface area contributed by atoms with Crippen molar-refractivity contribution in [3.05, 3.63) is 72.9 Å². The van der Waals surface area contributed by atoms with E-state index >= 15 is 0 Å². The molecule has 3 aromatic heterocycles. The molecule has 2 aromatic carbocycles. The maximum absolute atomic E-state index is 11.0. The van der Waals surface area contributed by atoms with Gasteiger partial charge in [-0.1, -0.05) is 18.2 Å². The molecule has 8 heteroatoms. The second-order valence-electron chi connectivity index (χ2n) is 9.14. The van der Waals surface area contributed by atoms with Crippen molar-refractivity contribution >= 4 is 23.1 Å². The SMILES string of the molecule is CC(C)(C)n1c(-c2ccccc2-n2cncn2)nc2cc(-c3cnc(N)c(CC=O)c3)ccc21. The molecule has 0 unspecified atom stereocenters. The number of benzene rings is 2. The minimum absolute atomic E-state index is 0.221. The highest BCUT2D eigenvalue weighted by molar-refractivity contribution is 5.87. The molecule has 5 rings (SSSR count). The Hall–Kier alpha value is -4.33. The van der Waals surface area contributed by atoms with E-state index in [4.69, 9.17) is 10.7 Å². The number of anilines is 1. The Morgan fingerprint density at radius 2 is 1.88 bits per heavy atom. The first-order valence-electron chi connectivity index (χ1n) is 11.0. The van der Waals surface area contributed by atoms with Crippen LogP contribution in [0.5, 0.6) is 0 Å². The first kappa shape index (κ1) is 21.5. The number of aldehydes is 1. The highest BCUT2D eigenvalue weighted by atomic mass is 16.1. The summed E-state index contributed by atoms with van der Waals surface area (Å²) in [6.45, 7) is 6.50. The van der Waals surface area contributed by atoms with E-state index in [2.05, 4.69) is 64.7 Å². The average Bonchev–Trinajstić information content (AvgIpc) is 3.48. The van der Waals surface area contributed by atoms with Gasteiger partial charge in [-0.25, -0.2) is 19.6 Å². The van der Waals surface area contributed by atoms with Crippen LogP contribution in [-0.2, 0) is 16.8 Å². The van der Waals surface area contributed by atoms with Gasteiger partial charge in [-0.15, -0.1) is 0 Å². The molecule has 3 heterocycles. The molecule has 5 aromatic rings.